The lowest BCUT2D eigenvalue weighted by Crippen LogP contribution is -2.20. The predicted octanol–water partition coefficient (Wildman–Crippen LogP) is 2.89. The second kappa shape index (κ2) is 6.00. The van der Waals surface area contributed by atoms with Gasteiger partial charge in [-0.15, -0.1) is 0 Å². The highest BCUT2D eigenvalue weighted by molar-refractivity contribution is 5.73. The van der Waals surface area contributed by atoms with Crippen molar-refractivity contribution >= 4 is 16.7 Å². The fraction of sp³-hybridized carbons (Fsp3) is 0.263. The van der Waals surface area contributed by atoms with Gasteiger partial charge in [-0.2, -0.15) is 0 Å². The van der Waals surface area contributed by atoms with Gasteiger partial charge < -0.3 is 15.0 Å². The molecule has 0 spiro atoms. The summed E-state index contributed by atoms with van der Waals surface area (Å²) in [6.07, 6.45) is 2.72. The molecule has 0 amide bonds. The molecule has 0 aliphatic carbocycles. The minimum Gasteiger partial charge on any atom is -0.491 e. The molecule has 4 rings (SSSR count). The quantitative estimate of drug-likeness (QED) is 0.761. The van der Waals surface area contributed by atoms with Gasteiger partial charge in [-0.3, -0.25) is 9.78 Å². The first-order chi connectivity index (χ1) is 11.7. The van der Waals surface area contributed by atoms with Crippen LogP contribution in [0.25, 0.3) is 11.0 Å². The summed E-state index contributed by atoms with van der Waals surface area (Å²) < 4.78 is 5.98. The van der Waals surface area contributed by atoms with Crippen molar-refractivity contribution in [2.24, 2.45) is 5.92 Å². The molecule has 0 saturated carbocycles. The standard InChI is InChI=1S/C19H19N3O2/c1-12-2-3-16-18(6-12)24-11-14(10-21-16)7-13-8-17-15(20-9-13)4-5-19(23)22-17/h2-6,8-9,14,21H,7,10-11H2,1H3,(H,22,23). The first-order valence-electron chi connectivity index (χ1n) is 8.13. The molecule has 1 aromatic carbocycles. The summed E-state index contributed by atoms with van der Waals surface area (Å²) in [6, 6.07) is 11.5. The average molecular weight is 321 g/mol. The number of aromatic amines is 1. The number of nitrogens with one attached hydrogen (secondary N) is 2. The number of aryl methyl sites for hydroxylation is 1. The normalized spacial score (nSPS) is 16.8. The fourth-order valence-corrected chi connectivity index (χ4v) is 3.07. The number of rotatable bonds is 2. The summed E-state index contributed by atoms with van der Waals surface area (Å²) in [5, 5.41) is 3.47. The Kier molecular flexibility index (Phi) is 3.69. The minimum atomic E-state index is -0.105. The van der Waals surface area contributed by atoms with Crippen molar-refractivity contribution in [2.75, 3.05) is 18.5 Å². The van der Waals surface area contributed by atoms with E-state index in [4.69, 9.17) is 4.74 Å². The van der Waals surface area contributed by atoms with Crippen LogP contribution in [0.1, 0.15) is 11.1 Å². The van der Waals surface area contributed by atoms with Crippen LogP contribution in [0.3, 0.4) is 0 Å². The van der Waals surface area contributed by atoms with Gasteiger partial charge >= 0.3 is 0 Å². The second-order valence-corrected chi connectivity index (χ2v) is 6.36. The first-order valence-corrected chi connectivity index (χ1v) is 8.13. The molecule has 1 aliphatic heterocycles. The predicted molar refractivity (Wildman–Crippen MR) is 94.7 cm³/mol. The smallest absolute Gasteiger partial charge is 0.248 e. The van der Waals surface area contributed by atoms with Crippen molar-refractivity contribution in [3.05, 3.63) is 64.1 Å². The van der Waals surface area contributed by atoms with E-state index in [9.17, 15) is 4.79 Å². The highest BCUT2D eigenvalue weighted by Crippen LogP contribution is 2.29. The van der Waals surface area contributed by atoms with E-state index in [-0.39, 0.29) is 5.56 Å². The molecule has 3 heterocycles. The molecule has 1 atom stereocenters. The van der Waals surface area contributed by atoms with Gasteiger partial charge in [-0.1, -0.05) is 6.07 Å². The Bertz CT molecular complexity index is 949. The summed E-state index contributed by atoms with van der Waals surface area (Å²) in [7, 11) is 0. The summed E-state index contributed by atoms with van der Waals surface area (Å²) in [6.45, 7) is 3.57. The molecular formula is C19H19N3O2. The van der Waals surface area contributed by atoms with Crippen LogP contribution in [0.5, 0.6) is 5.75 Å². The zero-order valence-electron chi connectivity index (χ0n) is 13.5. The van der Waals surface area contributed by atoms with Crippen LogP contribution in [0, 0.1) is 12.8 Å². The number of anilines is 1. The van der Waals surface area contributed by atoms with E-state index in [1.165, 1.54) is 11.6 Å². The van der Waals surface area contributed by atoms with Crippen LogP contribution in [0.4, 0.5) is 5.69 Å². The number of fused-ring (bicyclic) bond motifs is 2. The summed E-state index contributed by atoms with van der Waals surface area (Å²) >= 11 is 0. The molecule has 0 bridgehead atoms. The Morgan fingerprint density at radius 2 is 2.17 bits per heavy atom. The van der Waals surface area contributed by atoms with E-state index < -0.39 is 0 Å². The molecule has 0 fully saturated rings. The minimum absolute atomic E-state index is 0.105. The second-order valence-electron chi connectivity index (χ2n) is 6.36. The van der Waals surface area contributed by atoms with Crippen LogP contribution >= 0.6 is 0 Å². The Morgan fingerprint density at radius 3 is 3.08 bits per heavy atom. The molecule has 1 unspecified atom stereocenters. The van der Waals surface area contributed by atoms with Crippen molar-refractivity contribution < 1.29 is 4.74 Å². The monoisotopic (exact) mass is 321 g/mol. The lowest BCUT2D eigenvalue weighted by atomic mass is 10.0. The maximum absolute atomic E-state index is 11.5. The molecule has 1 aliphatic rings. The number of nitrogens with zero attached hydrogens (tertiary/aromatic N) is 1. The van der Waals surface area contributed by atoms with Crippen molar-refractivity contribution in [1.82, 2.24) is 9.97 Å². The van der Waals surface area contributed by atoms with Crippen LogP contribution in [0.15, 0.2) is 47.4 Å². The van der Waals surface area contributed by atoms with Gasteiger partial charge in [0.25, 0.3) is 0 Å². The molecule has 0 radical (unpaired) electrons. The van der Waals surface area contributed by atoms with E-state index in [2.05, 4.69) is 40.4 Å². The number of hydrogen-bond acceptors (Lipinski definition) is 4. The number of H-pyrrole nitrogens is 1. The van der Waals surface area contributed by atoms with E-state index in [1.54, 1.807) is 6.07 Å². The molecular weight excluding hydrogens is 302 g/mol. The molecule has 5 nitrogen and oxygen atoms in total. The topological polar surface area (TPSA) is 67.0 Å². The Balaban J connectivity index is 1.53. The zero-order chi connectivity index (χ0) is 16.5. The number of pyridine rings is 2. The van der Waals surface area contributed by atoms with E-state index in [0.29, 0.717) is 12.5 Å². The Morgan fingerprint density at radius 1 is 1.25 bits per heavy atom. The summed E-state index contributed by atoms with van der Waals surface area (Å²) in [4.78, 5) is 18.7. The Labute approximate surface area is 139 Å². The largest absolute Gasteiger partial charge is 0.491 e. The fourth-order valence-electron chi connectivity index (χ4n) is 3.07. The molecule has 0 saturated heterocycles. The lowest BCUT2D eigenvalue weighted by molar-refractivity contribution is 0.263. The molecule has 122 valence electrons. The highest BCUT2D eigenvalue weighted by atomic mass is 16.5. The van der Waals surface area contributed by atoms with E-state index >= 15 is 0 Å². The van der Waals surface area contributed by atoms with Crippen molar-refractivity contribution in [2.45, 2.75) is 13.3 Å². The third-order valence-electron chi connectivity index (χ3n) is 4.34. The van der Waals surface area contributed by atoms with E-state index in [0.717, 1.165) is 41.0 Å². The Hall–Kier alpha value is -2.82. The first kappa shape index (κ1) is 14.8. The molecule has 2 N–H and O–H groups in total. The van der Waals surface area contributed by atoms with Gasteiger partial charge in [0.1, 0.15) is 5.75 Å². The van der Waals surface area contributed by atoms with Gasteiger partial charge in [0.05, 0.1) is 23.3 Å². The average Bonchev–Trinajstić information content (AvgIpc) is 2.77. The number of hydrogen-bond donors (Lipinski definition) is 2. The third-order valence-corrected chi connectivity index (χ3v) is 4.34. The summed E-state index contributed by atoms with van der Waals surface area (Å²) in [5.41, 5.74) is 4.81. The maximum atomic E-state index is 11.5. The van der Waals surface area contributed by atoms with Crippen molar-refractivity contribution in [3.8, 4) is 5.75 Å². The molecule has 3 aromatic rings. The number of ether oxygens (including phenoxy) is 1. The van der Waals surface area contributed by atoms with Gasteiger partial charge in [0.15, 0.2) is 0 Å². The zero-order valence-corrected chi connectivity index (χ0v) is 13.5. The SMILES string of the molecule is Cc1ccc2c(c1)OCC(Cc1cnc3ccc(=O)[nH]c3c1)CN2. The summed E-state index contributed by atoms with van der Waals surface area (Å²) in [5.74, 6) is 1.26. The van der Waals surface area contributed by atoms with Gasteiger partial charge in [-0.05, 0) is 48.7 Å². The van der Waals surface area contributed by atoms with Crippen LogP contribution in [-0.4, -0.2) is 23.1 Å². The van der Waals surface area contributed by atoms with Gasteiger partial charge in [-0.25, -0.2) is 0 Å². The molecule has 5 heteroatoms. The van der Waals surface area contributed by atoms with Crippen LogP contribution in [-0.2, 0) is 6.42 Å². The van der Waals surface area contributed by atoms with Crippen LogP contribution < -0.4 is 15.6 Å². The maximum Gasteiger partial charge on any atom is 0.248 e. The van der Waals surface area contributed by atoms with Gasteiger partial charge in [0.2, 0.25) is 5.56 Å². The number of aromatic nitrogens is 2. The third kappa shape index (κ3) is 2.97. The van der Waals surface area contributed by atoms with Crippen molar-refractivity contribution in [1.29, 1.82) is 0 Å². The van der Waals surface area contributed by atoms with E-state index in [1.807, 2.05) is 12.3 Å². The highest BCUT2D eigenvalue weighted by Gasteiger charge is 2.17. The lowest BCUT2D eigenvalue weighted by Gasteiger charge is -2.14. The van der Waals surface area contributed by atoms with Crippen molar-refractivity contribution in [3.63, 3.8) is 0 Å². The molecule has 24 heavy (non-hydrogen) atoms. The van der Waals surface area contributed by atoms with Crippen LogP contribution in [0.2, 0.25) is 0 Å². The van der Waals surface area contributed by atoms with Gasteiger partial charge in [0, 0.05) is 24.7 Å². The number of benzene rings is 1. The molecule has 2 aromatic heterocycles.